The zero-order valence-electron chi connectivity index (χ0n) is 15.7. The topological polar surface area (TPSA) is 23.5 Å². The molecule has 1 aliphatic heterocycles. The Morgan fingerprint density at radius 1 is 0.920 bits per heavy atom. The molecule has 3 unspecified atom stereocenters. The molecule has 25 heavy (non-hydrogen) atoms. The maximum Gasteiger partial charge on any atom is 0.0936 e. The predicted molar refractivity (Wildman–Crippen MR) is 103 cm³/mol. The summed E-state index contributed by atoms with van der Waals surface area (Å²) in [5, 5.41) is 11.8. The van der Waals surface area contributed by atoms with E-state index in [-0.39, 0.29) is 0 Å². The Bertz CT molecular complexity index is 538. The van der Waals surface area contributed by atoms with Crippen LogP contribution in [-0.2, 0) is 5.60 Å². The van der Waals surface area contributed by atoms with Crippen LogP contribution in [0.5, 0.6) is 0 Å². The van der Waals surface area contributed by atoms with Crippen molar-refractivity contribution >= 4 is 0 Å². The van der Waals surface area contributed by atoms with Crippen molar-refractivity contribution in [3.63, 3.8) is 0 Å². The Labute approximate surface area is 153 Å². The lowest BCUT2D eigenvalue weighted by atomic mass is 9.71. The molecule has 0 aromatic heterocycles. The minimum Gasteiger partial charge on any atom is -0.385 e. The molecule has 4 rings (SSSR count). The van der Waals surface area contributed by atoms with Crippen molar-refractivity contribution in [3.8, 4) is 0 Å². The zero-order valence-corrected chi connectivity index (χ0v) is 15.7. The summed E-state index contributed by atoms with van der Waals surface area (Å²) in [4.78, 5) is 2.67. The van der Waals surface area contributed by atoms with Crippen molar-refractivity contribution in [2.75, 3.05) is 19.6 Å². The fourth-order valence-electron chi connectivity index (χ4n) is 5.85. The summed E-state index contributed by atoms with van der Waals surface area (Å²) in [7, 11) is 0. The molecule has 2 aliphatic carbocycles. The summed E-state index contributed by atoms with van der Waals surface area (Å²) in [5.41, 5.74) is 0.519. The second-order valence-corrected chi connectivity index (χ2v) is 9.01. The van der Waals surface area contributed by atoms with E-state index in [1.54, 1.807) is 0 Å². The molecule has 3 atom stereocenters. The molecular weight excluding hydrogens is 306 g/mol. The fraction of sp³-hybridized carbons (Fsp3) is 0.739. The third-order valence-electron chi connectivity index (χ3n) is 7.38. The van der Waals surface area contributed by atoms with Gasteiger partial charge in [-0.15, -0.1) is 0 Å². The lowest BCUT2D eigenvalue weighted by Crippen LogP contribution is -2.41. The molecule has 2 nitrogen and oxygen atoms in total. The number of fused-ring (bicyclic) bond motifs is 2. The largest absolute Gasteiger partial charge is 0.385 e. The first-order valence-corrected chi connectivity index (χ1v) is 10.7. The normalized spacial score (nSPS) is 30.8. The number of rotatable bonds is 5. The molecule has 2 heteroatoms. The van der Waals surface area contributed by atoms with Gasteiger partial charge in [-0.3, -0.25) is 0 Å². The summed E-state index contributed by atoms with van der Waals surface area (Å²) in [5.74, 6) is 2.35. The fourth-order valence-corrected chi connectivity index (χ4v) is 5.85. The van der Waals surface area contributed by atoms with Crippen molar-refractivity contribution < 1.29 is 5.11 Å². The maximum absolute atomic E-state index is 11.8. The molecule has 0 radical (unpaired) electrons. The van der Waals surface area contributed by atoms with E-state index in [1.807, 2.05) is 0 Å². The van der Waals surface area contributed by atoms with Gasteiger partial charge in [0.25, 0.3) is 0 Å². The minimum absolute atomic E-state index is 0.437. The monoisotopic (exact) mass is 341 g/mol. The highest BCUT2D eigenvalue weighted by atomic mass is 16.3. The SMILES string of the molecule is OC(CCN1CCC2CCC(C2)C1)(c1ccccc1)C1CCCCC1. The molecule has 138 valence electrons. The number of nitrogens with zero attached hydrogens (tertiary/aromatic N) is 1. The number of hydrogen-bond acceptors (Lipinski definition) is 2. The van der Waals surface area contributed by atoms with E-state index in [1.165, 1.54) is 70.9 Å². The van der Waals surface area contributed by atoms with E-state index in [0.29, 0.717) is 5.92 Å². The molecule has 2 saturated carbocycles. The Morgan fingerprint density at radius 2 is 1.68 bits per heavy atom. The molecule has 1 heterocycles. The lowest BCUT2D eigenvalue weighted by Gasteiger charge is -2.40. The Hall–Kier alpha value is -0.860. The molecule has 1 aromatic carbocycles. The van der Waals surface area contributed by atoms with Gasteiger partial charge >= 0.3 is 0 Å². The van der Waals surface area contributed by atoms with Crippen LogP contribution >= 0.6 is 0 Å². The van der Waals surface area contributed by atoms with Crippen molar-refractivity contribution in [3.05, 3.63) is 35.9 Å². The molecule has 0 amide bonds. The average molecular weight is 342 g/mol. The smallest absolute Gasteiger partial charge is 0.0936 e. The summed E-state index contributed by atoms with van der Waals surface area (Å²) in [6.07, 6.45) is 12.9. The molecular formula is C23H35NO. The van der Waals surface area contributed by atoms with Crippen LogP contribution in [0.4, 0.5) is 0 Å². The van der Waals surface area contributed by atoms with Gasteiger partial charge in [-0.05, 0) is 68.4 Å². The van der Waals surface area contributed by atoms with Crippen LogP contribution in [0.15, 0.2) is 30.3 Å². The minimum atomic E-state index is -0.632. The van der Waals surface area contributed by atoms with E-state index in [2.05, 4.69) is 35.2 Å². The van der Waals surface area contributed by atoms with Gasteiger partial charge in [0, 0.05) is 13.1 Å². The molecule has 1 aromatic rings. The van der Waals surface area contributed by atoms with Crippen LogP contribution in [0.1, 0.15) is 69.8 Å². The third kappa shape index (κ3) is 3.95. The molecule has 1 saturated heterocycles. The van der Waals surface area contributed by atoms with Crippen LogP contribution in [0.25, 0.3) is 0 Å². The number of aliphatic hydroxyl groups is 1. The number of likely N-dealkylation sites (tertiary alicyclic amines) is 1. The van der Waals surface area contributed by atoms with Gasteiger partial charge < -0.3 is 10.0 Å². The lowest BCUT2D eigenvalue weighted by molar-refractivity contribution is -0.0526. The van der Waals surface area contributed by atoms with Crippen molar-refractivity contribution in [1.82, 2.24) is 4.90 Å². The average Bonchev–Trinajstić information content (AvgIpc) is 3.01. The van der Waals surface area contributed by atoms with Gasteiger partial charge in [0.1, 0.15) is 0 Å². The third-order valence-corrected chi connectivity index (χ3v) is 7.38. The maximum atomic E-state index is 11.8. The second-order valence-electron chi connectivity index (χ2n) is 9.01. The predicted octanol–water partition coefficient (Wildman–Crippen LogP) is 4.97. The van der Waals surface area contributed by atoms with Gasteiger partial charge in [-0.2, -0.15) is 0 Å². The first-order chi connectivity index (χ1) is 12.2. The molecule has 3 fully saturated rings. The van der Waals surface area contributed by atoms with Crippen LogP contribution in [-0.4, -0.2) is 29.6 Å². The van der Waals surface area contributed by atoms with Crippen molar-refractivity contribution in [2.45, 2.75) is 69.8 Å². The quantitative estimate of drug-likeness (QED) is 0.817. The van der Waals surface area contributed by atoms with E-state index >= 15 is 0 Å². The zero-order chi connectivity index (χ0) is 17.1. The molecule has 0 spiro atoms. The van der Waals surface area contributed by atoms with Crippen LogP contribution < -0.4 is 0 Å². The summed E-state index contributed by atoms with van der Waals surface area (Å²) >= 11 is 0. The Kier molecular flexibility index (Phi) is 5.47. The first kappa shape index (κ1) is 17.5. The molecule has 3 aliphatic rings. The number of benzene rings is 1. The second kappa shape index (κ2) is 7.80. The first-order valence-electron chi connectivity index (χ1n) is 10.7. The number of hydrogen-bond donors (Lipinski definition) is 1. The van der Waals surface area contributed by atoms with Crippen LogP contribution in [0.3, 0.4) is 0 Å². The van der Waals surface area contributed by atoms with Crippen LogP contribution in [0.2, 0.25) is 0 Å². The Balaban J connectivity index is 1.46. The Morgan fingerprint density at radius 3 is 2.48 bits per heavy atom. The summed E-state index contributed by atoms with van der Waals surface area (Å²) in [6.45, 7) is 3.58. The van der Waals surface area contributed by atoms with E-state index < -0.39 is 5.60 Å². The summed E-state index contributed by atoms with van der Waals surface area (Å²) in [6, 6.07) is 10.6. The van der Waals surface area contributed by atoms with Gasteiger partial charge in [0.2, 0.25) is 0 Å². The van der Waals surface area contributed by atoms with Gasteiger partial charge in [-0.1, -0.05) is 56.0 Å². The van der Waals surface area contributed by atoms with Crippen LogP contribution in [0, 0.1) is 17.8 Å². The van der Waals surface area contributed by atoms with Crippen molar-refractivity contribution in [1.29, 1.82) is 0 Å². The summed E-state index contributed by atoms with van der Waals surface area (Å²) < 4.78 is 0. The highest BCUT2D eigenvalue weighted by molar-refractivity contribution is 5.23. The van der Waals surface area contributed by atoms with Crippen molar-refractivity contribution in [2.24, 2.45) is 17.8 Å². The molecule has 1 N–H and O–H groups in total. The highest BCUT2D eigenvalue weighted by Gasteiger charge is 2.39. The molecule has 2 bridgehead atoms. The van der Waals surface area contributed by atoms with Gasteiger partial charge in [0.05, 0.1) is 5.60 Å². The van der Waals surface area contributed by atoms with E-state index in [4.69, 9.17) is 0 Å². The van der Waals surface area contributed by atoms with Gasteiger partial charge in [-0.25, -0.2) is 0 Å². The van der Waals surface area contributed by atoms with E-state index in [9.17, 15) is 5.11 Å². The van der Waals surface area contributed by atoms with E-state index in [0.717, 1.165) is 30.4 Å². The standard InChI is InChI=1S/C23H35NO/c25-23(21-7-3-1-4-8-21,22-9-5-2-6-10-22)14-16-24-15-13-19-11-12-20(17-19)18-24/h1,3-4,7-8,19-20,22,25H,2,5-6,9-18H2. The van der Waals surface area contributed by atoms with Gasteiger partial charge in [0.15, 0.2) is 0 Å². The highest BCUT2D eigenvalue weighted by Crippen LogP contribution is 2.42.